The molecular weight excluding hydrogens is 409 g/mol. The fourth-order valence-electron chi connectivity index (χ4n) is 3.43. The van der Waals surface area contributed by atoms with Gasteiger partial charge in [-0.05, 0) is 37.6 Å². The van der Waals surface area contributed by atoms with E-state index >= 15 is 0 Å². The number of alkyl halides is 2. The van der Waals surface area contributed by atoms with Gasteiger partial charge < -0.3 is 5.32 Å². The molecule has 7 nitrogen and oxygen atoms in total. The van der Waals surface area contributed by atoms with Crippen LogP contribution >= 0.6 is 0 Å². The molecule has 0 saturated heterocycles. The van der Waals surface area contributed by atoms with Crippen LogP contribution in [0.25, 0.3) is 22.3 Å². The predicted molar refractivity (Wildman–Crippen MR) is 109 cm³/mol. The number of hydrogen-bond acceptors (Lipinski definition) is 4. The van der Waals surface area contributed by atoms with Gasteiger partial charge in [0.15, 0.2) is 5.65 Å². The summed E-state index contributed by atoms with van der Waals surface area (Å²) in [4.78, 5) is 17.0. The Kier molecular flexibility index (Phi) is 5.22. The number of anilines is 1. The number of pyridine rings is 1. The van der Waals surface area contributed by atoms with E-state index in [1.165, 1.54) is 33.8 Å². The summed E-state index contributed by atoms with van der Waals surface area (Å²) in [5.74, 6) is -1.13. The van der Waals surface area contributed by atoms with Gasteiger partial charge in [-0.1, -0.05) is 6.07 Å². The Labute approximate surface area is 175 Å². The summed E-state index contributed by atoms with van der Waals surface area (Å²) in [5, 5.41) is 11.0. The summed E-state index contributed by atoms with van der Waals surface area (Å²) < 4.78 is 44.4. The SMILES string of the molecule is Cc1ccc(F)c(NC(=O)Cn2nc(C)c3c(C(F)F)cc(-c4cnn(C)c4)nc32)c1. The lowest BCUT2D eigenvalue weighted by molar-refractivity contribution is -0.116. The van der Waals surface area contributed by atoms with Crippen LogP contribution in [0.2, 0.25) is 0 Å². The molecule has 0 aliphatic carbocycles. The van der Waals surface area contributed by atoms with E-state index in [-0.39, 0.29) is 28.8 Å². The van der Waals surface area contributed by atoms with Gasteiger partial charge in [0.2, 0.25) is 5.91 Å². The van der Waals surface area contributed by atoms with Gasteiger partial charge >= 0.3 is 0 Å². The average molecular weight is 428 g/mol. The zero-order chi connectivity index (χ0) is 22.3. The average Bonchev–Trinajstić information content (AvgIpc) is 3.27. The maximum Gasteiger partial charge on any atom is 0.264 e. The number of hydrogen-bond donors (Lipinski definition) is 1. The number of fused-ring (bicyclic) bond motifs is 1. The smallest absolute Gasteiger partial charge is 0.264 e. The van der Waals surface area contributed by atoms with E-state index in [0.29, 0.717) is 17.0 Å². The standard InChI is InChI=1S/C21H19F3N6O/c1-11-4-5-15(22)17(6-11)26-18(31)10-30-21-19(12(2)28-30)14(20(23)24)7-16(27-21)13-8-25-29(3)9-13/h4-9,20H,10H2,1-3H3,(H,26,31). The van der Waals surface area contributed by atoms with Crippen LogP contribution in [0.5, 0.6) is 0 Å². The molecule has 0 fully saturated rings. The highest BCUT2D eigenvalue weighted by atomic mass is 19.3. The van der Waals surface area contributed by atoms with Crippen molar-refractivity contribution in [2.75, 3.05) is 5.32 Å². The van der Waals surface area contributed by atoms with Crippen molar-refractivity contribution >= 4 is 22.6 Å². The lowest BCUT2D eigenvalue weighted by atomic mass is 10.1. The van der Waals surface area contributed by atoms with E-state index in [1.54, 1.807) is 33.2 Å². The minimum Gasteiger partial charge on any atom is -0.322 e. The van der Waals surface area contributed by atoms with Crippen molar-refractivity contribution in [3.8, 4) is 11.3 Å². The maximum absolute atomic E-state index is 14.0. The summed E-state index contributed by atoms with van der Waals surface area (Å²) in [7, 11) is 1.71. The number of aryl methyl sites for hydroxylation is 3. The first-order chi connectivity index (χ1) is 14.7. The predicted octanol–water partition coefficient (Wildman–Crippen LogP) is 4.16. The second-order valence-corrected chi connectivity index (χ2v) is 7.27. The molecule has 4 rings (SSSR count). The summed E-state index contributed by atoms with van der Waals surface area (Å²) >= 11 is 0. The molecule has 0 spiro atoms. The zero-order valence-corrected chi connectivity index (χ0v) is 17.0. The topological polar surface area (TPSA) is 77.6 Å². The number of nitrogens with one attached hydrogen (secondary N) is 1. The minimum atomic E-state index is -2.76. The highest BCUT2D eigenvalue weighted by molar-refractivity contribution is 5.92. The molecule has 0 aliphatic heterocycles. The Morgan fingerprint density at radius 1 is 1.23 bits per heavy atom. The van der Waals surface area contributed by atoms with Crippen molar-refractivity contribution in [1.29, 1.82) is 0 Å². The van der Waals surface area contributed by atoms with Crippen molar-refractivity contribution in [2.45, 2.75) is 26.8 Å². The van der Waals surface area contributed by atoms with E-state index in [9.17, 15) is 18.0 Å². The van der Waals surface area contributed by atoms with E-state index < -0.39 is 18.1 Å². The largest absolute Gasteiger partial charge is 0.322 e. The van der Waals surface area contributed by atoms with Crippen LogP contribution in [0.15, 0.2) is 36.7 Å². The number of nitrogens with zero attached hydrogens (tertiary/aromatic N) is 5. The van der Waals surface area contributed by atoms with Gasteiger partial charge in [0.1, 0.15) is 12.4 Å². The summed E-state index contributed by atoms with van der Waals surface area (Å²) in [6, 6.07) is 5.67. The van der Waals surface area contributed by atoms with E-state index in [4.69, 9.17) is 0 Å². The van der Waals surface area contributed by atoms with Crippen LogP contribution in [-0.4, -0.2) is 30.5 Å². The molecule has 31 heavy (non-hydrogen) atoms. The second-order valence-electron chi connectivity index (χ2n) is 7.27. The number of carbonyl (C=O) groups is 1. The highest BCUT2D eigenvalue weighted by Gasteiger charge is 2.22. The number of amides is 1. The van der Waals surface area contributed by atoms with Crippen LogP contribution in [0.4, 0.5) is 18.9 Å². The molecule has 1 N–H and O–H groups in total. The molecule has 160 valence electrons. The molecule has 4 aromatic rings. The molecule has 1 amide bonds. The third kappa shape index (κ3) is 4.00. The first-order valence-electron chi connectivity index (χ1n) is 9.44. The third-order valence-corrected chi connectivity index (χ3v) is 4.83. The van der Waals surface area contributed by atoms with Crippen molar-refractivity contribution in [2.24, 2.45) is 7.05 Å². The zero-order valence-electron chi connectivity index (χ0n) is 17.0. The lowest BCUT2D eigenvalue weighted by Gasteiger charge is -2.09. The monoisotopic (exact) mass is 428 g/mol. The molecule has 0 unspecified atom stereocenters. The summed E-state index contributed by atoms with van der Waals surface area (Å²) in [6.45, 7) is 3.04. The molecule has 0 bridgehead atoms. The molecule has 0 radical (unpaired) electrons. The summed E-state index contributed by atoms with van der Waals surface area (Å²) in [6.07, 6.45) is 0.418. The van der Waals surface area contributed by atoms with E-state index in [1.807, 2.05) is 0 Å². The Morgan fingerprint density at radius 2 is 2.00 bits per heavy atom. The van der Waals surface area contributed by atoms with Gasteiger partial charge in [-0.25, -0.2) is 22.8 Å². The Balaban J connectivity index is 1.74. The Morgan fingerprint density at radius 3 is 2.68 bits per heavy atom. The van der Waals surface area contributed by atoms with E-state index in [2.05, 4.69) is 20.5 Å². The van der Waals surface area contributed by atoms with Gasteiger partial charge in [-0.3, -0.25) is 9.48 Å². The first kappa shape index (κ1) is 20.6. The molecule has 3 aromatic heterocycles. The molecule has 1 aromatic carbocycles. The normalized spacial score (nSPS) is 11.5. The first-order valence-corrected chi connectivity index (χ1v) is 9.44. The van der Waals surface area contributed by atoms with Gasteiger partial charge in [0.25, 0.3) is 6.43 Å². The van der Waals surface area contributed by atoms with Gasteiger partial charge in [0, 0.05) is 24.4 Å². The van der Waals surface area contributed by atoms with Crippen molar-refractivity contribution < 1.29 is 18.0 Å². The molecule has 0 atom stereocenters. The fraction of sp³-hybridized carbons (Fsp3) is 0.238. The van der Waals surface area contributed by atoms with Crippen molar-refractivity contribution in [1.82, 2.24) is 24.5 Å². The second kappa shape index (κ2) is 7.86. The number of halogens is 3. The maximum atomic E-state index is 14.0. The van der Waals surface area contributed by atoms with Gasteiger partial charge in [-0.15, -0.1) is 0 Å². The van der Waals surface area contributed by atoms with Crippen molar-refractivity contribution in [3.63, 3.8) is 0 Å². The molecule has 3 heterocycles. The molecular formula is C21H19F3N6O. The molecule has 10 heteroatoms. The third-order valence-electron chi connectivity index (χ3n) is 4.83. The van der Waals surface area contributed by atoms with Gasteiger partial charge in [0.05, 0.1) is 28.7 Å². The Hall–Kier alpha value is -3.69. The van der Waals surface area contributed by atoms with E-state index in [0.717, 1.165) is 5.56 Å². The lowest BCUT2D eigenvalue weighted by Crippen LogP contribution is -2.20. The number of carbonyl (C=O) groups excluding carboxylic acids is 1. The van der Waals surface area contributed by atoms with Crippen LogP contribution in [0.3, 0.4) is 0 Å². The number of rotatable bonds is 5. The summed E-state index contributed by atoms with van der Waals surface area (Å²) in [5.41, 5.74) is 1.92. The quantitative estimate of drug-likeness (QED) is 0.518. The van der Waals surface area contributed by atoms with Crippen LogP contribution in [-0.2, 0) is 18.4 Å². The molecule has 0 saturated carbocycles. The van der Waals surface area contributed by atoms with Crippen LogP contribution in [0.1, 0.15) is 23.2 Å². The number of aromatic nitrogens is 5. The van der Waals surface area contributed by atoms with Crippen LogP contribution in [0, 0.1) is 19.7 Å². The van der Waals surface area contributed by atoms with Crippen molar-refractivity contribution in [3.05, 3.63) is 59.3 Å². The molecule has 0 aliphatic rings. The van der Waals surface area contributed by atoms with Gasteiger partial charge in [-0.2, -0.15) is 10.2 Å². The number of benzene rings is 1. The fourth-order valence-corrected chi connectivity index (χ4v) is 3.43. The van der Waals surface area contributed by atoms with Crippen LogP contribution < -0.4 is 5.32 Å². The minimum absolute atomic E-state index is 0.0375. The Bertz CT molecular complexity index is 1290. The highest BCUT2D eigenvalue weighted by Crippen LogP contribution is 2.33.